The zero-order chi connectivity index (χ0) is 14.6. The van der Waals surface area contributed by atoms with Crippen molar-refractivity contribution >= 4 is 6.09 Å². The van der Waals surface area contributed by atoms with Gasteiger partial charge in [0.15, 0.2) is 0 Å². The lowest BCUT2D eigenvalue weighted by Crippen LogP contribution is -2.57. The van der Waals surface area contributed by atoms with Crippen LogP contribution in [0, 0.1) is 0 Å². The maximum absolute atomic E-state index is 12.1. The molecule has 1 saturated heterocycles. The summed E-state index contributed by atoms with van der Waals surface area (Å²) in [6.45, 7) is 15.0. The summed E-state index contributed by atoms with van der Waals surface area (Å²) in [5.74, 6) is 0. The molecule has 1 fully saturated rings. The maximum Gasteiger partial charge on any atom is 0.410 e. The highest BCUT2D eigenvalue weighted by atomic mass is 16.6. The quantitative estimate of drug-likeness (QED) is 0.790. The van der Waals surface area contributed by atoms with Gasteiger partial charge in [-0.25, -0.2) is 4.79 Å². The molecule has 1 heterocycles. The molecule has 4 heteroatoms. The van der Waals surface area contributed by atoms with Gasteiger partial charge in [-0.2, -0.15) is 0 Å². The molecule has 0 aliphatic carbocycles. The summed E-state index contributed by atoms with van der Waals surface area (Å²) in [6.07, 6.45) is 2.18. The van der Waals surface area contributed by atoms with E-state index in [0.29, 0.717) is 6.04 Å². The zero-order valence-electron chi connectivity index (χ0n) is 13.4. The van der Waals surface area contributed by atoms with Crippen LogP contribution in [0.15, 0.2) is 0 Å². The topological polar surface area (TPSA) is 32.8 Å². The van der Waals surface area contributed by atoms with Crippen LogP contribution in [0.4, 0.5) is 4.79 Å². The van der Waals surface area contributed by atoms with Crippen LogP contribution in [0.2, 0.25) is 0 Å². The lowest BCUT2D eigenvalue weighted by atomic mass is 10.1. The van der Waals surface area contributed by atoms with Crippen LogP contribution in [0.25, 0.3) is 0 Å². The Morgan fingerprint density at radius 1 is 1.26 bits per heavy atom. The van der Waals surface area contributed by atoms with Crippen LogP contribution in [0.1, 0.15) is 54.4 Å². The average Bonchev–Trinajstić information content (AvgIpc) is 2.28. The van der Waals surface area contributed by atoms with Gasteiger partial charge in [-0.05, 0) is 40.5 Å². The summed E-state index contributed by atoms with van der Waals surface area (Å²) in [4.78, 5) is 16.5. The van der Waals surface area contributed by atoms with E-state index in [4.69, 9.17) is 4.74 Å². The van der Waals surface area contributed by atoms with E-state index in [-0.39, 0.29) is 12.1 Å². The fraction of sp³-hybridized carbons (Fsp3) is 0.933. The molecule has 0 aromatic rings. The number of nitrogens with zero attached hydrogens (tertiary/aromatic N) is 2. The van der Waals surface area contributed by atoms with E-state index in [2.05, 4.69) is 25.7 Å². The number of ether oxygens (including phenoxy) is 1. The Bertz CT molecular complexity index is 295. The van der Waals surface area contributed by atoms with Crippen molar-refractivity contribution in [1.29, 1.82) is 0 Å². The van der Waals surface area contributed by atoms with E-state index >= 15 is 0 Å². The van der Waals surface area contributed by atoms with E-state index in [9.17, 15) is 4.79 Å². The van der Waals surface area contributed by atoms with E-state index in [1.807, 2.05) is 25.7 Å². The number of amides is 1. The molecule has 1 atom stereocenters. The Morgan fingerprint density at radius 2 is 1.84 bits per heavy atom. The van der Waals surface area contributed by atoms with Gasteiger partial charge in [0.1, 0.15) is 5.60 Å². The molecule has 19 heavy (non-hydrogen) atoms. The highest BCUT2D eigenvalue weighted by Crippen LogP contribution is 2.18. The maximum atomic E-state index is 12.1. The Labute approximate surface area is 118 Å². The normalized spacial score (nSPS) is 21.8. The van der Waals surface area contributed by atoms with E-state index < -0.39 is 5.60 Å². The molecule has 1 aliphatic rings. The largest absolute Gasteiger partial charge is 0.444 e. The SMILES string of the molecule is CCC(CC)N1CCN(C(=O)OC(C)(C)C)[C@@H](C)C1. The number of piperazine rings is 1. The van der Waals surface area contributed by atoms with Crippen molar-refractivity contribution in [2.24, 2.45) is 0 Å². The fourth-order valence-electron chi connectivity index (χ4n) is 2.71. The van der Waals surface area contributed by atoms with Crippen LogP contribution in [-0.2, 0) is 4.74 Å². The molecular formula is C15H30N2O2. The number of carbonyl (C=O) groups excluding carboxylic acids is 1. The van der Waals surface area contributed by atoms with E-state index in [1.54, 1.807) is 0 Å². The molecule has 0 N–H and O–H groups in total. The second-order valence-corrected chi connectivity index (χ2v) is 6.49. The first-order chi connectivity index (χ1) is 8.78. The lowest BCUT2D eigenvalue weighted by molar-refractivity contribution is -0.00493. The van der Waals surface area contributed by atoms with Crippen molar-refractivity contribution in [3.63, 3.8) is 0 Å². The zero-order valence-corrected chi connectivity index (χ0v) is 13.4. The molecule has 4 nitrogen and oxygen atoms in total. The highest BCUT2D eigenvalue weighted by Gasteiger charge is 2.32. The van der Waals surface area contributed by atoms with Gasteiger partial charge in [0, 0.05) is 31.7 Å². The van der Waals surface area contributed by atoms with Gasteiger partial charge in [-0.3, -0.25) is 4.90 Å². The molecule has 1 aliphatic heterocycles. The van der Waals surface area contributed by atoms with Gasteiger partial charge in [0.2, 0.25) is 0 Å². The molecular weight excluding hydrogens is 240 g/mol. The first kappa shape index (κ1) is 16.3. The summed E-state index contributed by atoms with van der Waals surface area (Å²) in [5, 5.41) is 0. The van der Waals surface area contributed by atoms with E-state index in [0.717, 1.165) is 19.6 Å². The minimum Gasteiger partial charge on any atom is -0.444 e. The van der Waals surface area contributed by atoms with Gasteiger partial charge in [-0.15, -0.1) is 0 Å². The third-order valence-corrected chi connectivity index (χ3v) is 3.75. The van der Waals surface area contributed by atoms with Gasteiger partial charge in [0.25, 0.3) is 0 Å². The summed E-state index contributed by atoms with van der Waals surface area (Å²) < 4.78 is 5.46. The number of carbonyl (C=O) groups is 1. The van der Waals surface area contributed by atoms with Gasteiger partial charge in [0.05, 0.1) is 0 Å². The molecule has 1 rings (SSSR count). The van der Waals surface area contributed by atoms with Crippen molar-refractivity contribution in [1.82, 2.24) is 9.80 Å². The Morgan fingerprint density at radius 3 is 2.26 bits per heavy atom. The first-order valence-electron chi connectivity index (χ1n) is 7.52. The third kappa shape index (κ3) is 4.68. The number of rotatable bonds is 3. The monoisotopic (exact) mass is 270 g/mol. The second-order valence-electron chi connectivity index (χ2n) is 6.49. The predicted octanol–water partition coefficient (Wildman–Crippen LogP) is 3.12. The summed E-state index contributed by atoms with van der Waals surface area (Å²) >= 11 is 0. The molecule has 0 aromatic carbocycles. The molecule has 1 amide bonds. The van der Waals surface area contributed by atoms with Crippen molar-refractivity contribution in [3.8, 4) is 0 Å². The standard InChI is InChI=1S/C15H30N2O2/c1-7-13(8-2)16-9-10-17(12(3)11-16)14(18)19-15(4,5)6/h12-13H,7-11H2,1-6H3/t12-/m0/s1. The minimum absolute atomic E-state index is 0.177. The molecule has 0 spiro atoms. The molecule has 0 bridgehead atoms. The Balaban J connectivity index is 2.57. The van der Waals surface area contributed by atoms with Crippen LogP contribution in [-0.4, -0.2) is 53.2 Å². The van der Waals surface area contributed by atoms with Crippen molar-refractivity contribution < 1.29 is 9.53 Å². The molecule has 0 unspecified atom stereocenters. The van der Waals surface area contributed by atoms with Crippen LogP contribution in [0.5, 0.6) is 0 Å². The van der Waals surface area contributed by atoms with Crippen molar-refractivity contribution in [2.75, 3.05) is 19.6 Å². The average molecular weight is 270 g/mol. The second kappa shape index (κ2) is 6.60. The van der Waals surface area contributed by atoms with Gasteiger partial charge < -0.3 is 9.64 Å². The summed E-state index contributed by atoms with van der Waals surface area (Å²) in [5.41, 5.74) is -0.413. The highest BCUT2D eigenvalue weighted by molar-refractivity contribution is 5.68. The fourth-order valence-corrected chi connectivity index (χ4v) is 2.71. The van der Waals surface area contributed by atoms with Crippen LogP contribution < -0.4 is 0 Å². The van der Waals surface area contributed by atoms with Gasteiger partial charge in [-0.1, -0.05) is 13.8 Å². The van der Waals surface area contributed by atoms with Crippen molar-refractivity contribution in [3.05, 3.63) is 0 Å². The van der Waals surface area contributed by atoms with Crippen molar-refractivity contribution in [2.45, 2.75) is 72.1 Å². The van der Waals surface area contributed by atoms with E-state index in [1.165, 1.54) is 12.8 Å². The smallest absolute Gasteiger partial charge is 0.410 e. The molecule has 112 valence electrons. The van der Waals surface area contributed by atoms with Gasteiger partial charge >= 0.3 is 6.09 Å². The third-order valence-electron chi connectivity index (χ3n) is 3.75. The number of hydrogen-bond acceptors (Lipinski definition) is 3. The molecule has 0 saturated carbocycles. The Kier molecular flexibility index (Phi) is 5.65. The summed E-state index contributed by atoms with van der Waals surface area (Å²) in [6, 6.07) is 0.868. The summed E-state index contributed by atoms with van der Waals surface area (Å²) in [7, 11) is 0. The minimum atomic E-state index is -0.413. The predicted molar refractivity (Wildman–Crippen MR) is 78.3 cm³/mol. The molecule has 0 radical (unpaired) electrons. The number of hydrogen-bond donors (Lipinski definition) is 0. The first-order valence-corrected chi connectivity index (χ1v) is 7.52. The Hall–Kier alpha value is -0.770. The van der Waals surface area contributed by atoms with Crippen LogP contribution >= 0.6 is 0 Å². The lowest BCUT2D eigenvalue weighted by Gasteiger charge is -2.43. The molecule has 0 aromatic heterocycles. The van der Waals surface area contributed by atoms with Crippen LogP contribution in [0.3, 0.4) is 0 Å².